The van der Waals surface area contributed by atoms with Gasteiger partial charge in [-0.1, -0.05) is 6.92 Å². The topological polar surface area (TPSA) is 91.2 Å². The van der Waals surface area contributed by atoms with Crippen molar-refractivity contribution in [2.75, 3.05) is 24.6 Å². The number of quaternary nitrogens is 1. The zero-order valence-corrected chi connectivity index (χ0v) is 14.9. The number of carboxylic acid groups (broad SMARTS) is 1. The number of anilines is 1. The molecule has 0 bridgehead atoms. The molecule has 2 fully saturated rings. The van der Waals surface area contributed by atoms with Gasteiger partial charge in [-0.3, -0.25) is 9.59 Å². The molecule has 1 N–H and O–H groups in total. The second kappa shape index (κ2) is 7.86. The van der Waals surface area contributed by atoms with E-state index in [1.165, 1.54) is 4.90 Å². The van der Waals surface area contributed by atoms with Crippen molar-refractivity contribution in [2.24, 2.45) is 5.92 Å². The van der Waals surface area contributed by atoms with Crippen LogP contribution in [0.2, 0.25) is 0 Å². The van der Waals surface area contributed by atoms with Crippen molar-refractivity contribution in [1.29, 1.82) is 0 Å². The molecule has 0 saturated carbocycles. The molecular weight excluding hydrogens is 336 g/mol. The SMILES string of the molecule is CCCOc1ccc(N2C(=O)C[C@@H]([NH+]3CCC(C(=O)[O-])CC3)C2=O)cc1. The van der Waals surface area contributed by atoms with Crippen LogP contribution in [0.25, 0.3) is 0 Å². The van der Waals surface area contributed by atoms with Crippen LogP contribution in [0.4, 0.5) is 5.69 Å². The first-order chi connectivity index (χ1) is 12.5. The van der Waals surface area contributed by atoms with Crippen molar-refractivity contribution in [2.45, 2.75) is 38.6 Å². The number of carbonyl (C=O) groups excluding carboxylic acids is 3. The number of piperidine rings is 1. The van der Waals surface area contributed by atoms with Gasteiger partial charge in [0.05, 0.1) is 31.8 Å². The zero-order chi connectivity index (χ0) is 18.7. The molecule has 2 aliphatic rings. The van der Waals surface area contributed by atoms with Crippen molar-refractivity contribution >= 4 is 23.5 Å². The van der Waals surface area contributed by atoms with E-state index in [0.29, 0.717) is 44.0 Å². The highest BCUT2D eigenvalue weighted by atomic mass is 16.5. The van der Waals surface area contributed by atoms with Crippen molar-refractivity contribution in [3.05, 3.63) is 24.3 Å². The summed E-state index contributed by atoms with van der Waals surface area (Å²) in [4.78, 5) is 38.4. The Balaban J connectivity index is 1.66. The zero-order valence-electron chi connectivity index (χ0n) is 14.9. The van der Waals surface area contributed by atoms with Crippen LogP contribution in [-0.4, -0.2) is 43.5 Å². The fraction of sp³-hybridized carbons (Fsp3) is 0.526. The van der Waals surface area contributed by atoms with E-state index in [9.17, 15) is 19.5 Å². The summed E-state index contributed by atoms with van der Waals surface area (Å²) in [5.41, 5.74) is 0.551. The van der Waals surface area contributed by atoms with Crippen LogP contribution in [0, 0.1) is 5.92 Å². The molecular formula is C19H24N2O5. The Hall–Kier alpha value is -2.41. The van der Waals surface area contributed by atoms with Gasteiger partial charge >= 0.3 is 0 Å². The lowest BCUT2D eigenvalue weighted by atomic mass is 9.96. The number of benzene rings is 1. The fourth-order valence-electron chi connectivity index (χ4n) is 3.71. The van der Waals surface area contributed by atoms with Gasteiger partial charge < -0.3 is 19.5 Å². The third-order valence-electron chi connectivity index (χ3n) is 5.17. The number of likely N-dealkylation sites (tertiary alicyclic amines) is 1. The third kappa shape index (κ3) is 3.72. The monoisotopic (exact) mass is 360 g/mol. The molecule has 0 aromatic heterocycles. The molecule has 0 unspecified atom stereocenters. The largest absolute Gasteiger partial charge is 0.550 e. The average Bonchev–Trinajstić information content (AvgIpc) is 2.95. The number of ether oxygens (including phenoxy) is 1. The Labute approximate surface area is 152 Å². The first-order valence-electron chi connectivity index (χ1n) is 9.16. The molecule has 7 heteroatoms. The van der Waals surface area contributed by atoms with Crippen LogP contribution < -0.4 is 19.6 Å². The summed E-state index contributed by atoms with van der Waals surface area (Å²) in [6, 6.07) is 6.54. The van der Waals surface area contributed by atoms with Crippen LogP contribution in [0.15, 0.2) is 24.3 Å². The lowest BCUT2D eigenvalue weighted by molar-refractivity contribution is -0.920. The van der Waals surface area contributed by atoms with Gasteiger partial charge in [0, 0.05) is 24.7 Å². The van der Waals surface area contributed by atoms with Crippen LogP contribution in [0.3, 0.4) is 0 Å². The smallest absolute Gasteiger partial charge is 0.292 e. The van der Waals surface area contributed by atoms with Gasteiger partial charge in [-0.2, -0.15) is 0 Å². The quantitative estimate of drug-likeness (QED) is 0.668. The normalized spacial score (nSPS) is 26.2. The lowest BCUT2D eigenvalue weighted by Crippen LogP contribution is -3.17. The summed E-state index contributed by atoms with van der Waals surface area (Å²) >= 11 is 0. The average molecular weight is 360 g/mol. The second-order valence-corrected chi connectivity index (χ2v) is 6.92. The third-order valence-corrected chi connectivity index (χ3v) is 5.17. The van der Waals surface area contributed by atoms with Gasteiger partial charge in [0.1, 0.15) is 5.75 Å². The van der Waals surface area contributed by atoms with Gasteiger partial charge in [0.25, 0.3) is 5.91 Å². The molecule has 0 aliphatic carbocycles. The molecule has 7 nitrogen and oxygen atoms in total. The van der Waals surface area contributed by atoms with E-state index in [-0.39, 0.29) is 18.2 Å². The molecule has 0 spiro atoms. The number of aliphatic carboxylic acids is 1. The molecule has 1 atom stereocenters. The number of nitrogens with one attached hydrogen (secondary N) is 1. The second-order valence-electron chi connectivity index (χ2n) is 6.92. The van der Waals surface area contributed by atoms with Gasteiger partial charge in [-0.25, -0.2) is 4.90 Å². The van der Waals surface area contributed by atoms with Gasteiger partial charge in [-0.15, -0.1) is 0 Å². The maximum Gasteiger partial charge on any atom is 0.292 e. The van der Waals surface area contributed by atoms with Crippen LogP contribution in [0.5, 0.6) is 5.75 Å². The van der Waals surface area contributed by atoms with Crippen molar-refractivity contribution in [3.8, 4) is 5.75 Å². The maximum absolute atomic E-state index is 12.8. The number of imide groups is 1. The minimum atomic E-state index is -1.02. The van der Waals surface area contributed by atoms with Gasteiger partial charge in [0.2, 0.25) is 5.91 Å². The predicted molar refractivity (Wildman–Crippen MR) is 91.6 cm³/mol. The molecule has 140 valence electrons. The van der Waals surface area contributed by atoms with E-state index in [2.05, 4.69) is 0 Å². The standard InChI is InChI=1S/C19H24N2O5/c1-2-11-26-15-5-3-14(4-6-15)21-17(22)12-16(18(21)23)20-9-7-13(8-10-20)19(24)25/h3-6,13,16H,2,7-12H2,1H3,(H,24,25)/t16-/m1/s1. The van der Waals surface area contributed by atoms with E-state index in [1.807, 2.05) is 6.92 Å². The molecule has 2 aliphatic heterocycles. The summed E-state index contributed by atoms with van der Waals surface area (Å²) in [7, 11) is 0. The summed E-state index contributed by atoms with van der Waals surface area (Å²) in [5.74, 6) is -1.18. The van der Waals surface area contributed by atoms with Crippen LogP contribution in [0.1, 0.15) is 32.6 Å². The Bertz CT molecular complexity index is 680. The highest BCUT2D eigenvalue weighted by molar-refractivity contribution is 6.21. The van der Waals surface area contributed by atoms with E-state index in [1.54, 1.807) is 24.3 Å². The number of nitrogens with zero attached hydrogens (tertiary/aromatic N) is 1. The number of hydrogen-bond acceptors (Lipinski definition) is 5. The van der Waals surface area contributed by atoms with E-state index in [4.69, 9.17) is 4.74 Å². The van der Waals surface area contributed by atoms with Gasteiger partial charge in [0.15, 0.2) is 6.04 Å². The highest BCUT2D eigenvalue weighted by Gasteiger charge is 2.46. The van der Waals surface area contributed by atoms with Crippen LogP contribution >= 0.6 is 0 Å². The van der Waals surface area contributed by atoms with Crippen molar-refractivity contribution < 1.29 is 29.1 Å². The fourth-order valence-corrected chi connectivity index (χ4v) is 3.71. The predicted octanol–water partition coefficient (Wildman–Crippen LogP) is -0.848. The Morgan fingerprint density at radius 2 is 1.88 bits per heavy atom. The number of hydrogen-bond donors (Lipinski definition) is 1. The molecule has 2 saturated heterocycles. The maximum atomic E-state index is 12.8. The summed E-state index contributed by atoms with van der Waals surface area (Å²) in [6.45, 7) is 3.78. The molecule has 2 heterocycles. The van der Waals surface area contributed by atoms with Crippen molar-refractivity contribution in [1.82, 2.24) is 0 Å². The summed E-state index contributed by atoms with van der Waals surface area (Å²) in [6.07, 6.45) is 2.04. The summed E-state index contributed by atoms with van der Waals surface area (Å²) < 4.78 is 5.53. The minimum Gasteiger partial charge on any atom is -0.550 e. The molecule has 1 aromatic rings. The summed E-state index contributed by atoms with van der Waals surface area (Å²) in [5, 5.41) is 11.0. The van der Waals surface area contributed by atoms with E-state index >= 15 is 0 Å². The Morgan fingerprint density at radius 1 is 1.23 bits per heavy atom. The number of carbonyl (C=O) groups is 3. The number of amides is 2. The first kappa shape index (κ1) is 18.4. The molecule has 26 heavy (non-hydrogen) atoms. The van der Waals surface area contributed by atoms with E-state index < -0.39 is 17.9 Å². The molecule has 0 radical (unpaired) electrons. The van der Waals surface area contributed by atoms with Crippen LogP contribution in [-0.2, 0) is 14.4 Å². The number of rotatable bonds is 6. The molecule has 2 amide bonds. The van der Waals surface area contributed by atoms with Crippen molar-refractivity contribution in [3.63, 3.8) is 0 Å². The molecule has 3 rings (SSSR count). The Kier molecular flexibility index (Phi) is 5.56. The van der Waals surface area contributed by atoms with Gasteiger partial charge in [-0.05, 0) is 30.7 Å². The first-order valence-corrected chi connectivity index (χ1v) is 9.16. The molecule has 1 aromatic carbocycles. The Morgan fingerprint density at radius 3 is 2.46 bits per heavy atom. The number of carboxylic acids is 1. The van der Waals surface area contributed by atoms with E-state index in [0.717, 1.165) is 11.3 Å². The highest BCUT2D eigenvalue weighted by Crippen LogP contribution is 2.25. The minimum absolute atomic E-state index is 0.165. The lowest BCUT2D eigenvalue weighted by Gasteiger charge is -2.32.